The van der Waals surface area contributed by atoms with E-state index >= 15 is 0 Å². The molecule has 0 fully saturated rings. The van der Waals surface area contributed by atoms with Crippen LogP contribution in [0.25, 0.3) is 0 Å². The second-order valence-corrected chi connectivity index (χ2v) is 4.46. The van der Waals surface area contributed by atoms with E-state index in [9.17, 15) is 0 Å². The first-order chi connectivity index (χ1) is 4.77. The van der Waals surface area contributed by atoms with Crippen molar-refractivity contribution in [2.45, 2.75) is 51.6 Å². The van der Waals surface area contributed by atoms with Crippen molar-refractivity contribution < 1.29 is 0 Å². The second-order valence-electron chi connectivity index (χ2n) is 4.46. The summed E-state index contributed by atoms with van der Waals surface area (Å²) in [5.74, 6) is 0. The zero-order valence-corrected chi connectivity index (χ0v) is 8.15. The van der Waals surface area contributed by atoms with E-state index in [1.807, 2.05) is 13.8 Å². The predicted octanol–water partition coefficient (Wildman–Crippen LogP) is 1.98. The molecule has 0 bridgehead atoms. The van der Waals surface area contributed by atoms with Crippen LogP contribution in [-0.2, 0) is 0 Å². The molecular formula is C9H20N2. The van der Waals surface area contributed by atoms with Gasteiger partial charge in [-0.3, -0.25) is 4.99 Å². The van der Waals surface area contributed by atoms with Crippen molar-refractivity contribution in [3.05, 3.63) is 0 Å². The summed E-state index contributed by atoms with van der Waals surface area (Å²) >= 11 is 0. The third kappa shape index (κ3) is 6.05. The summed E-state index contributed by atoms with van der Waals surface area (Å²) in [7, 11) is 0. The topological polar surface area (TPSA) is 38.4 Å². The Hall–Kier alpha value is -0.370. The second kappa shape index (κ2) is 3.35. The molecule has 0 aliphatic heterocycles. The van der Waals surface area contributed by atoms with Crippen LogP contribution in [0.2, 0.25) is 0 Å². The van der Waals surface area contributed by atoms with E-state index in [2.05, 4.69) is 25.6 Å². The molecule has 0 atom stereocenters. The lowest BCUT2D eigenvalue weighted by atomic mass is 9.91. The van der Waals surface area contributed by atoms with Crippen LogP contribution in [0.15, 0.2) is 4.99 Å². The first-order valence-electron chi connectivity index (χ1n) is 4.04. The molecule has 0 aliphatic rings. The van der Waals surface area contributed by atoms with Gasteiger partial charge in [0.25, 0.3) is 0 Å². The minimum absolute atomic E-state index is 0.0172. The highest BCUT2D eigenvalue weighted by atomic mass is 14.8. The Morgan fingerprint density at radius 2 is 1.64 bits per heavy atom. The van der Waals surface area contributed by atoms with E-state index in [0.717, 1.165) is 12.8 Å². The maximum Gasteiger partial charge on any atom is 0.0545 e. The average molecular weight is 156 g/mol. The van der Waals surface area contributed by atoms with E-state index in [1.54, 1.807) is 0 Å². The van der Waals surface area contributed by atoms with Gasteiger partial charge in [-0.2, -0.15) is 0 Å². The molecule has 0 aliphatic carbocycles. The molecule has 0 rings (SSSR count). The lowest BCUT2D eigenvalue weighted by Crippen LogP contribution is -2.34. The van der Waals surface area contributed by atoms with Gasteiger partial charge in [-0.1, -0.05) is 0 Å². The minimum Gasteiger partial charge on any atom is -0.326 e. The van der Waals surface area contributed by atoms with Gasteiger partial charge in [-0.05, 0) is 47.3 Å². The summed E-state index contributed by atoms with van der Waals surface area (Å²) in [4.78, 5) is 4.02. The van der Waals surface area contributed by atoms with Gasteiger partial charge < -0.3 is 5.73 Å². The fraction of sp³-hybridized carbons (Fsp3) is 0.889. The summed E-state index contributed by atoms with van der Waals surface area (Å²) in [6.45, 7) is 11.8. The van der Waals surface area contributed by atoms with Gasteiger partial charge in [0.05, 0.1) is 5.54 Å². The maximum absolute atomic E-state index is 5.84. The van der Waals surface area contributed by atoms with E-state index in [-0.39, 0.29) is 11.1 Å². The molecule has 0 amide bonds. The third-order valence-electron chi connectivity index (χ3n) is 1.81. The van der Waals surface area contributed by atoms with E-state index in [0.29, 0.717) is 0 Å². The van der Waals surface area contributed by atoms with Gasteiger partial charge in [0.2, 0.25) is 0 Å². The number of hydrogen-bond acceptors (Lipinski definition) is 2. The molecule has 0 heterocycles. The van der Waals surface area contributed by atoms with Crippen LogP contribution >= 0.6 is 0 Å². The molecule has 2 heteroatoms. The van der Waals surface area contributed by atoms with Gasteiger partial charge in [0.1, 0.15) is 0 Å². The fourth-order valence-electron chi connectivity index (χ4n) is 0.707. The summed E-state index contributed by atoms with van der Waals surface area (Å²) in [6, 6.07) is 0. The Bertz CT molecular complexity index is 131. The van der Waals surface area contributed by atoms with Crippen LogP contribution in [0, 0.1) is 0 Å². The van der Waals surface area contributed by atoms with Crippen LogP contribution in [0.1, 0.15) is 40.5 Å². The van der Waals surface area contributed by atoms with Crippen molar-refractivity contribution in [2.24, 2.45) is 10.7 Å². The molecule has 0 aromatic rings. The first-order valence-corrected chi connectivity index (χ1v) is 4.04. The smallest absolute Gasteiger partial charge is 0.0545 e. The number of aliphatic imine (C=N–C) groups is 1. The quantitative estimate of drug-likeness (QED) is 0.621. The summed E-state index contributed by atoms with van der Waals surface area (Å²) in [6.07, 6.45) is 1.99. The number of hydrogen-bond donors (Lipinski definition) is 1. The lowest BCUT2D eigenvalue weighted by molar-refractivity contribution is 0.379. The zero-order valence-electron chi connectivity index (χ0n) is 8.15. The SMILES string of the molecule is C=NC(C)(C)CCC(C)(C)N. The predicted molar refractivity (Wildman–Crippen MR) is 51.1 cm³/mol. The Kier molecular flexibility index (Phi) is 3.24. The van der Waals surface area contributed by atoms with Gasteiger partial charge in [0, 0.05) is 5.54 Å². The Balaban J connectivity index is 3.79. The van der Waals surface area contributed by atoms with Crippen molar-refractivity contribution in [3.63, 3.8) is 0 Å². The third-order valence-corrected chi connectivity index (χ3v) is 1.81. The molecule has 0 aromatic carbocycles. The molecule has 0 radical (unpaired) electrons. The first kappa shape index (κ1) is 10.6. The number of nitrogens with zero attached hydrogens (tertiary/aromatic N) is 1. The molecule has 0 unspecified atom stereocenters. The number of nitrogens with two attached hydrogens (primary N) is 1. The van der Waals surface area contributed by atoms with Crippen molar-refractivity contribution in [1.29, 1.82) is 0 Å². The lowest BCUT2D eigenvalue weighted by Gasteiger charge is -2.25. The molecule has 2 N–H and O–H groups in total. The normalized spacial score (nSPS) is 13.2. The molecule has 0 saturated carbocycles. The number of rotatable bonds is 4. The van der Waals surface area contributed by atoms with Gasteiger partial charge in [0.15, 0.2) is 0 Å². The van der Waals surface area contributed by atoms with Crippen LogP contribution in [0.5, 0.6) is 0 Å². The summed E-state index contributed by atoms with van der Waals surface area (Å²) in [5.41, 5.74) is 5.74. The summed E-state index contributed by atoms with van der Waals surface area (Å²) < 4.78 is 0. The van der Waals surface area contributed by atoms with Crippen LogP contribution < -0.4 is 5.73 Å². The van der Waals surface area contributed by atoms with Crippen LogP contribution in [0.4, 0.5) is 0 Å². The molecule has 0 spiro atoms. The summed E-state index contributed by atoms with van der Waals surface area (Å²) in [5, 5.41) is 0. The molecule has 11 heavy (non-hydrogen) atoms. The van der Waals surface area contributed by atoms with Gasteiger partial charge in [-0.25, -0.2) is 0 Å². The zero-order chi connectivity index (χ0) is 9.12. The molecule has 0 saturated heterocycles. The van der Waals surface area contributed by atoms with E-state index in [4.69, 9.17) is 5.73 Å². The Labute approximate surface area is 69.9 Å². The fourth-order valence-corrected chi connectivity index (χ4v) is 0.707. The molecular weight excluding hydrogens is 136 g/mol. The highest BCUT2D eigenvalue weighted by Gasteiger charge is 2.19. The minimum atomic E-state index is -0.0814. The van der Waals surface area contributed by atoms with E-state index < -0.39 is 0 Å². The maximum atomic E-state index is 5.84. The molecule has 2 nitrogen and oxygen atoms in total. The van der Waals surface area contributed by atoms with Gasteiger partial charge >= 0.3 is 0 Å². The standard InChI is InChI=1S/C9H20N2/c1-8(2,10)6-7-9(3,4)11-5/h5-7,10H2,1-4H3. The Morgan fingerprint density at radius 3 is 1.91 bits per heavy atom. The van der Waals surface area contributed by atoms with Crippen LogP contribution in [0.3, 0.4) is 0 Å². The monoisotopic (exact) mass is 156 g/mol. The van der Waals surface area contributed by atoms with Crippen molar-refractivity contribution in [2.75, 3.05) is 0 Å². The van der Waals surface area contributed by atoms with Crippen LogP contribution in [-0.4, -0.2) is 17.8 Å². The van der Waals surface area contributed by atoms with Crippen molar-refractivity contribution in [1.82, 2.24) is 0 Å². The average Bonchev–Trinajstić information content (AvgIpc) is 1.83. The van der Waals surface area contributed by atoms with E-state index in [1.165, 1.54) is 0 Å². The highest BCUT2D eigenvalue weighted by molar-refractivity contribution is 5.25. The molecule has 66 valence electrons. The van der Waals surface area contributed by atoms with Gasteiger partial charge in [-0.15, -0.1) is 0 Å². The largest absolute Gasteiger partial charge is 0.326 e. The highest BCUT2D eigenvalue weighted by Crippen LogP contribution is 2.19. The molecule has 0 aromatic heterocycles. The Morgan fingerprint density at radius 1 is 1.18 bits per heavy atom. The van der Waals surface area contributed by atoms with Crippen molar-refractivity contribution >= 4 is 6.72 Å². The van der Waals surface area contributed by atoms with Crippen molar-refractivity contribution in [3.8, 4) is 0 Å².